The van der Waals surface area contributed by atoms with E-state index in [0.717, 1.165) is 51.6 Å². The zero-order valence-electron chi connectivity index (χ0n) is 32.4. The standard InChI is InChI=1S/C41H82N2O6/c1-3-5-7-9-11-13-15-17-19-24-28-42-30-38(44)32-46-34-40(36-48-41(49-37-40)26-22-21-23-27-41)35-47-33-39(45)31-43-29-25-20-18-16-14-12-10-8-6-4-2/h38-39,42-45H,3-37H2,1-2H3. The van der Waals surface area contributed by atoms with Gasteiger partial charge in [-0.25, -0.2) is 0 Å². The van der Waals surface area contributed by atoms with Crippen LogP contribution in [0.1, 0.15) is 174 Å². The molecule has 0 bridgehead atoms. The summed E-state index contributed by atoms with van der Waals surface area (Å²) in [6, 6.07) is 0. The van der Waals surface area contributed by atoms with E-state index >= 15 is 0 Å². The Labute approximate surface area is 302 Å². The van der Waals surface area contributed by atoms with Gasteiger partial charge in [-0.05, 0) is 38.8 Å². The molecule has 1 aliphatic heterocycles. The SMILES string of the molecule is CCCCCCCCCCCCNCC(O)COCC1(COCC(O)CNCCCCCCCCCCCC)COC2(CCCCC2)OC1. The van der Waals surface area contributed by atoms with Gasteiger partial charge in [0.15, 0.2) is 5.79 Å². The van der Waals surface area contributed by atoms with Gasteiger partial charge in [0, 0.05) is 25.9 Å². The predicted octanol–water partition coefficient (Wildman–Crippen LogP) is 8.46. The Morgan fingerprint density at radius 3 is 1.29 bits per heavy atom. The number of nitrogens with one attached hydrogen (secondary N) is 2. The minimum atomic E-state index is -0.556. The molecule has 1 aliphatic carbocycles. The summed E-state index contributed by atoms with van der Waals surface area (Å²) < 4.78 is 25.0. The molecule has 49 heavy (non-hydrogen) atoms. The van der Waals surface area contributed by atoms with Crippen molar-refractivity contribution in [3.8, 4) is 0 Å². The van der Waals surface area contributed by atoms with Gasteiger partial charge in [0.2, 0.25) is 0 Å². The lowest BCUT2D eigenvalue weighted by Gasteiger charge is -2.47. The Morgan fingerprint density at radius 2 is 0.898 bits per heavy atom. The quantitative estimate of drug-likeness (QED) is 0.0497. The number of unbranched alkanes of at least 4 members (excludes halogenated alkanes) is 18. The number of aliphatic hydroxyl groups is 2. The first-order valence-corrected chi connectivity index (χ1v) is 21.2. The Bertz CT molecular complexity index is 670. The van der Waals surface area contributed by atoms with E-state index in [0.29, 0.717) is 39.5 Å². The Balaban J connectivity index is 1.57. The van der Waals surface area contributed by atoms with Crippen LogP contribution in [0.3, 0.4) is 0 Å². The maximum atomic E-state index is 10.6. The maximum Gasteiger partial charge on any atom is 0.168 e. The number of aliphatic hydroxyl groups excluding tert-OH is 2. The van der Waals surface area contributed by atoms with E-state index in [4.69, 9.17) is 18.9 Å². The normalized spacial score (nSPS) is 18.6. The van der Waals surface area contributed by atoms with Gasteiger partial charge in [-0.1, -0.05) is 136 Å². The molecule has 1 saturated heterocycles. The summed E-state index contributed by atoms with van der Waals surface area (Å²) in [5.41, 5.74) is -0.449. The van der Waals surface area contributed by atoms with Gasteiger partial charge in [0.25, 0.3) is 0 Å². The van der Waals surface area contributed by atoms with Crippen molar-refractivity contribution in [2.75, 3.05) is 65.8 Å². The van der Waals surface area contributed by atoms with Crippen molar-refractivity contribution >= 4 is 0 Å². The molecule has 2 aliphatic rings. The van der Waals surface area contributed by atoms with E-state index in [2.05, 4.69) is 24.5 Å². The van der Waals surface area contributed by atoms with Gasteiger partial charge in [-0.3, -0.25) is 0 Å². The zero-order chi connectivity index (χ0) is 35.1. The predicted molar refractivity (Wildman–Crippen MR) is 203 cm³/mol. The van der Waals surface area contributed by atoms with E-state index in [1.54, 1.807) is 0 Å². The molecule has 0 aromatic heterocycles. The van der Waals surface area contributed by atoms with E-state index in [9.17, 15) is 10.2 Å². The first kappa shape index (κ1) is 44.8. The fourth-order valence-electron chi connectivity index (χ4n) is 7.19. The van der Waals surface area contributed by atoms with Crippen LogP contribution in [0.2, 0.25) is 0 Å². The molecule has 2 atom stereocenters. The average Bonchev–Trinajstić information content (AvgIpc) is 3.11. The molecule has 292 valence electrons. The molecule has 1 saturated carbocycles. The number of ether oxygens (including phenoxy) is 4. The molecule has 0 radical (unpaired) electrons. The number of hydrogen-bond donors (Lipinski definition) is 4. The van der Waals surface area contributed by atoms with Crippen molar-refractivity contribution in [3.63, 3.8) is 0 Å². The van der Waals surface area contributed by atoms with Crippen LogP contribution >= 0.6 is 0 Å². The Kier molecular flexibility index (Phi) is 27.6. The van der Waals surface area contributed by atoms with Crippen molar-refractivity contribution in [2.24, 2.45) is 5.41 Å². The summed E-state index contributed by atoms with van der Waals surface area (Å²) in [5, 5.41) is 27.9. The zero-order valence-corrected chi connectivity index (χ0v) is 32.4. The lowest BCUT2D eigenvalue weighted by atomic mass is 9.87. The van der Waals surface area contributed by atoms with Crippen molar-refractivity contribution in [3.05, 3.63) is 0 Å². The molecular weight excluding hydrogens is 616 g/mol. The minimum Gasteiger partial charge on any atom is -0.389 e. The molecule has 2 fully saturated rings. The van der Waals surface area contributed by atoms with Gasteiger partial charge < -0.3 is 39.8 Å². The molecular formula is C41H82N2O6. The first-order chi connectivity index (χ1) is 24.0. The Morgan fingerprint density at radius 1 is 0.531 bits per heavy atom. The number of hydrogen-bond acceptors (Lipinski definition) is 8. The third-order valence-electron chi connectivity index (χ3n) is 10.5. The molecule has 1 spiro atoms. The summed E-state index contributed by atoms with van der Waals surface area (Å²) in [4.78, 5) is 0. The van der Waals surface area contributed by atoms with Gasteiger partial charge in [-0.15, -0.1) is 0 Å². The van der Waals surface area contributed by atoms with Crippen LogP contribution in [0, 0.1) is 5.41 Å². The van der Waals surface area contributed by atoms with Crippen LogP contribution in [0.4, 0.5) is 0 Å². The second-order valence-electron chi connectivity index (χ2n) is 15.7. The molecule has 0 amide bonds. The molecule has 8 nitrogen and oxygen atoms in total. The average molecular weight is 699 g/mol. The largest absolute Gasteiger partial charge is 0.389 e. The molecule has 8 heteroatoms. The summed E-state index contributed by atoms with van der Waals surface area (Å²) in [6.07, 6.45) is 30.9. The topological polar surface area (TPSA) is 101 Å². The summed E-state index contributed by atoms with van der Waals surface area (Å²) in [5.74, 6) is -0.460. The molecule has 1 heterocycles. The van der Waals surface area contributed by atoms with Crippen LogP contribution in [-0.2, 0) is 18.9 Å². The highest BCUT2D eigenvalue weighted by molar-refractivity contribution is 4.88. The molecule has 0 aromatic carbocycles. The van der Waals surface area contributed by atoms with E-state index in [1.807, 2.05) is 0 Å². The monoisotopic (exact) mass is 699 g/mol. The minimum absolute atomic E-state index is 0.267. The van der Waals surface area contributed by atoms with Gasteiger partial charge >= 0.3 is 0 Å². The number of rotatable bonds is 34. The van der Waals surface area contributed by atoms with Gasteiger partial charge in [0.05, 0.1) is 57.3 Å². The highest BCUT2D eigenvalue weighted by Gasteiger charge is 2.46. The smallest absolute Gasteiger partial charge is 0.168 e. The fourth-order valence-corrected chi connectivity index (χ4v) is 7.19. The van der Waals surface area contributed by atoms with E-state index < -0.39 is 23.4 Å². The maximum absolute atomic E-state index is 10.6. The van der Waals surface area contributed by atoms with Gasteiger partial charge in [0.1, 0.15) is 0 Å². The molecule has 2 rings (SSSR count). The molecule has 2 unspecified atom stereocenters. The van der Waals surface area contributed by atoms with Crippen molar-refractivity contribution in [2.45, 2.75) is 192 Å². The summed E-state index contributed by atoms with van der Waals surface area (Å²) in [7, 11) is 0. The lowest BCUT2D eigenvalue weighted by Crippen LogP contribution is -2.54. The summed E-state index contributed by atoms with van der Waals surface area (Å²) in [6.45, 7) is 9.83. The lowest BCUT2D eigenvalue weighted by molar-refractivity contribution is -0.326. The van der Waals surface area contributed by atoms with Crippen molar-refractivity contribution in [1.82, 2.24) is 10.6 Å². The second-order valence-corrected chi connectivity index (χ2v) is 15.7. The van der Waals surface area contributed by atoms with Crippen LogP contribution in [-0.4, -0.2) is 94.0 Å². The van der Waals surface area contributed by atoms with Crippen LogP contribution in [0.15, 0.2) is 0 Å². The first-order valence-electron chi connectivity index (χ1n) is 21.2. The highest BCUT2D eigenvalue weighted by atomic mass is 16.7. The Hall–Kier alpha value is -0.320. The fraction of sp³-hybridized carbons (Fsp3) is 1.00. The second kappa shape index (κ2) is 30.2. The van der Waals surface area contributed by atoms with Crippen LogP contribution in [0.5, 0.6) is 0 Å². The summed E-state index contributed by atoms with van der Waals surface area (Å²) >= 11 is 0. The highest BCUT2D eigenvalue weighted by Crippen LogP contribution is 2.39. The van der Waals surface area contributed by atoms with Crippen LogP contribution in [0.25, 0.3) is 0 Å². The van der Waals surface area contributed by atoms with Crippen molar-refractivity contribution < 1.29 is 29.2 Å². The molecule has 4 N–H and O–H groups in total. The molecule has 0 aromatic rings. The third-order valence-corrected chi connectivity index (χ3v) is 10.5. The van der Waals surface area contributed by atoms with Crippen molar-refractivity contribution in [1.29, 1.82) is 0 Å². The van der Waals surface area contributed by atoms with E-state index in [-0.39, 0.29) is 13.2 Å². The van der Waals surface area contributed by atoms with Gasteiger partial charge in [-0.2, -0.15) is 0 Å². The van der Waals surface area contributed by atoms with Crippen LogP contribution < -0.4 is 10.6 Å². The van der Waals surface area contributed by atoms with E-state index in [1.165, 1.54) is 122 Å². The third kappa shape index (κ3) is 23.1.